The molecule has 0 aliphatic rings. The standard InChI is InChI=1S/C15H13ClFNO2/c16-12-2-1-3-14(8-12)20-10-15(19)18-9-11-4-6-13(17)7-5-11/h1-8H,9-10H2,(H,18,19). The van der Waals surface area contributed by atoms with E-state index in [2.05, 4.69) is 5.32 Å². The predicted molar refractivity (Wildman–Crippen MR) is 75.2 cm³/mol. The van der Waals surface area contributed by atoms with Crippen molar-refractivity contribution in [2.45, 2.75) is 6.54 Å². The van der Waals surface area contributed by atoms with Gasteiger partial charge in [-0.05, 0) is 35.9 Å². The van der Waals surface area contributed by atoms with E-state index in [0.717, 1.165) is 5.56 Å². The van der Waals surface area contributed by atoms with E-state index in [4.69, 9.17) is 16.3 Å². The second-order valence-electron chi connectivity index (χ2n) is 4.15. The number of halogens is 2. The lowest BCUT2D eigenvalue weighted by Crippen LogP contribution is -2.28. The molecule has 5 heteroatoms. The Morgan fingerprint density at radius 1 is 1.20 bits per heavy atom. The molecule has 0 saturated heterocycles. The van der Waals surface area contributed by atoms with Crippen molar-refractivity contribution in [3.63, 3.8) is 0 Å². The summed E-state index contributed by atoms with van der Waals surface area (Å²) in [5.41, 5.74) is 0.822. The molecule has 0 bridgehead atoms. The summed E-state index contributed by atoms with van der Waals surface area (Å²) in [7, 11) is 0. The summed E-state index contributed by atoms with van der Waals surface area (Å²) in [5.74, 6) is -0.0203. The van der Waals surface area contributed by atoms with Gasteiger partial charge in [-0.2, -0.15) is 0 Å². The summed E-state index contributed by atoms with van der Waals surface area (Å²) in [4.78, 5) is 11.6. The lowest BCUT2D eigenvalue weighted by Gasteiger charge is -2.07. The number of hydrogen-bond acceptors (Lipinski definition) is 2. The first-order valence-corrected chi connectivity index (χ1v) is 6.41. The van der Waals surface area contributed by atoms with Crippen LogP contribution in [0, 0.1) is 5.82 Å². The Bertz CT molecular complexity index is 587. The van der Waals surface area contributed by atoms with E-state index in [1.54, 1.807) is 36.4 Å². The molecule has 0 aliphatic carbocycles. The second kappa shape index (κ2) is 6.91. The lowest BCUT2D eigenvalue weighted by molar-refractivity contribution is -0.123. The van der Waals surface area contributed by atoms with Crippen molar-refractivity contribution >= 4 is 17.5 Å². The smallest absolute Gasteiger partial charge is 0.258 e. The zero-order valence-corrected chi connectivity index (χ0v) is 11.4. The van der Waals surface area contributed by atoms with Gasteiger partial charge in [0.2, 0.25) is 0 Å². The third-order valence-electron chi connectivity index (χ3n) is 2.57. The number of ether oxygens (including phenoxy) is 1. The molecule has 2 rings (SSSR count). The molecule has 0 spiro atoms. The van der Waals surface area contributed by atoms with Crippen LogP contribution in [0.25, 0.3) is 0 Å². The molecule has 0 fully saturated rings. The molecule has 20 heavy (non-hydrogen) atoms. The zero-order valence-electron chi connectivity index (χ0n) is 10.6. The Hall–Kier alpha value is -2.07. The van der Waals surface area contributed by atoms with Gasteiger partial charge in [0.1, 0.15) is 11.6 Å². The summed E-state index contributed by atoms with van der Waals surface area (Å²) < 4.78 is 18.0. The molecule has 1 amide bonds. The fourth-order valence-electron chi connectivity index (χ4n) is 1.56. The fourth-order valence-corrected chi connectivity index (χ4v) is 1.74. The SMILES string of the molecule is O=C(COc1cccc(Cl)c1)NCc1ccc(F)cc1. The van der Waals surface area contributed by atoms with Crippen LogP contribution in [0.3, 0.4) is 0 Å². The highest BCUT2D eigenvalue weighted by Gasteiger charge is 2.03. The molecule has 0 radical (unpaired) electrons. The van der Waals surface area contributed by atoms with Crippen LogP contribution in [0.2, 0.25) is 5.02 Å². The molecular formula is C15H13ClFNO2. The highest BCUT2D eigenvalue weighted by molar-refractivity contribution is 6.30. The maximum Gasteiger partial charge on any atom is 0.258 e. The number of carbonyl (C=O) groups is 1. The van der Waals surface area contributed by atoms with Crippen molar-refractivity contribution < 1.29 is 13.9 Å². The Balaban J connectivity index is 1.77. The minimum atomic E-state index is -0.302. The van der Waals surface area contributed by atoms with Crippen molar-refractivity contribution in [1.82, 2.24) is 5.32 Å². The zero-order chi connectivity index (χ0) is 14.4. The summed E-state index contributed by atoms with van der Waals surface area (Å²) in [5, 5.41) is 3.23. The van der Waals surface area contributed by atoms with E-state index >= 15 is 0 Å². The lowest BCUT2D eigenvalue weighted by atomic mass is 10.2. The molecule has 104 valence electrons. The highest BCUT2D eigenvalue weighted by atomic mass is 35.5. The quantitative estimate of drug-likeness (QED) is 0.919. The number of nitrogens with one attached hydrogen (secondary N) is 1. The molecule has 0 unspecified atom stereocenters. The molecule has 0 atom stereocenters. The van der Waals surface area contributed by atoms with E-state index in [1.165, 1.54) is 12.1 Å². The van der Waals surface area contributed by atoms with Crippen LogP contribution in [-0.2, 0) is 11.3 Å². The first kappa shape index (κ1) is 14.3. The Kier molecular flexibility index (Phi) is 4.96. The molecule has 2 aromatic carbocycles. The maximum absolute atomic E-state index is 12.7. The predicted octanol–water partition coefficient (Wildman–Crippen LogP) is 3.17. The molecule has 0 aliphatic heterocycles. The van der Waals surface area contributed by atoms with Gasteiger partial charge in [0, 0.05) is 11.6 Å². The Labute approximate surface area is 121 Å². The normalized spacial score (nSPS) is 10.1. The van der Waals surface area contributed by atoms with Crippen LogP contribution in [0.1, 0.15) is 5.56 Å². The molecule has 0 heterocycles. The summed E-state index contributed by atoms with van der Waals surface area (Å²) in [6, 6.07) is 12.8. The van der Waals surface area contributed by atoms with Gasteiger partial charge in [0.25, 0.3) is 5.91 Å². The number of benzene rings is 2. The average Bonchev–Trinajstić information content (AvgIpc) is 2.45. The van der Waals surface area contributed by atoms with Gasteiger partial charge in [-0.15, -0.1) is 0 Å². The van der Waals surface area contributed by atoms with E-state index in [1.807, 2.05) is 0 Å². The van der Waals surface area contributed by atoms with E-state index in [0.29, 0.717) is 17.3 Å². The first-order chi connectivity index (χ1) is 9.63. The Morgan fingerprint density at radius 3 is 2.65 bits per heavy atom. The molecular weight excluding hydrogens is 281 g/mol. The minimum absolute atomic E-state index is 0.0957. The van der Waals surface area contributed by atoms with Crippen molar-refractivity contribution in [3.05, 3.63) is 64.9 Å². The van der Waals surface area contributed by atoms with Crippen molar-refractivity contribution in [3.8, 4) is 5.75 Å². The number of amides is 1. The largest absolute Gasteiger partial charge is 0.484 e. The van der Waals surface area contributed by atoms with Gasteiger partial charge in [-0.25, -0.2) is 4.39 Å². The minimum Gasteiger partial charge on any atom is -0.484 e. The first-order valence-electron chi connectivity index (χ1n) is 6.03. The van der Waals surface area contributed by atoms with Crippen molar-refractivity contribution in [2.24, 2.45) is 0 Å². The monoisotopic (exact) mass is 293 g/mol. The van der Waals surface area contributed by atoms with E-state index in [9.17, 15) is 9.18 Å². The van der Waals surface area contributed by atoms with Gasteiger partial charge in [0.15, 0.2) is 6.61 Å². The van der Waals surface area contributed by atoms with Gasteiger partial charge < -0.3 is 10.1 Å². The maximum atomic E-state index is 12.7. The number of rotatable bonds is 5. The van der Waals surface area contributed by atoms with Gasteiger partial charge in [-0.3, -0.25) is 4.79 Å². The average molecular weight is 294 g/mol. The summed E-state index contributed by atoms with van der Waals surface area (Å²) in [6.45, 7) is 0.236. The van der Waals surface area contributed by atoms with Gasteiger partial charge >= 0.3 is 0 Å². The van der Waals surface area contributed by atoms with Gasteiger partial charge in [0.05, 0.1) is 0 Å². The van der Waals surface area contributed by atoms with E-state index < -0.39 is 0 Å². The van der Waals surface area contributed by atoms with Crippen LogP contribution < -0.4 is 10.1 Å². The van der Waals surface area contributed by atoms with Crippen LogP contribution in [-0.4, -0.2) is 12.5 Å². The fraction of sp³-hybridized carbons (Fsp3) is 0.133. The van der Waals surface area contributed by atoms with Crippen LogP contribution in [0.4, 0.5) is 4.39 Å². The highest BCUT2D eigenvalue weighted by Crippen LogP contribution is 2.16. The number of hydrogen-bond donors (Lipinski definition) is 1. The molecule has 3 nitrogen and oxygen atoms in total. The summed E-state index contributed by atoms with van der Waals surface area (Å²) >= 11 is 5.80. The third kappa shape index (κ3) is 4.55. The van der Waals surface area contributed by atoms with Crippen LogP contribution in [0.15, 0.2) is 48.5 Å². The molecule has 1 N–H and O–H groups in total. The van der Waals surface area contributed by atoms with Gasteiger partial charge in [-0.1, -0.05) is 29.8 Å². The van der Waals surface area contributed by atoms with Crippen molar-refractivity contribution in [1.29, 1.82) is 0 Å². The van der Waals surface area contributed by atoms with Crippen LogP contribution in [0.5, 0.6) is 5.75 Å². The number of carbonyl (C=O) groups excluding carboxylic acids is 1. The van der Waals surface area contributed by atoms with Crippen molar-refractivity contribution in [2.75, 3.05) is 6.61 Å². The van der Waals surface area contributed by atoms with Crippen LogP contribution >= 0.6 is 11.6 Å². The molecule has 0 aromatic heterocycles. The Morgan fingerprint density at radius 2 is 1.95 bits per heavy atom. The topological polar surface area (TPSA) is 38.3 Å². The molecule has 0 saturated carbocycles. The second-order valence-corrected chi connectivity index (χ2v) is 4.59. The molecule has 2 aromatic rings. The summed E-state index contributed by atoms with van der Waals surface area (Å²) in [6.07, 6.45) is 0. The van der Waals surface area contributed by atoms with E-state index in [-0.39, 0.29) is 18.3 Å². The third-order valence-corrected chi connectivity index (χ3v) is 2.80.